The Balaban J connectivity index is 2.09. The molecule has 0 saturated carbocycles. The second kappa shape index (κ2) is 5.85. The van der Waals surface area contributed by atoms with Gasteiger partial charge in [0.25, 0.3) is 0 Å². The van der Waals surface area contributed by atoms with Gasteiger partial charge >= 0.3 is 0 Å². The predicted octanol–water partition coefficient (Wildman–Crippen LogP) is 1.63. The Labute approximate surface area is 118 Å². The van der Waals surface area contributed by atoms with Crippen LogP contribution in [0.25, 0.3) is 0 Å². The van der Waals surface area contributed by atoms with Crippen LogP contribution >= 0.6 is 23.2 Å². The van der Waals surface area contributed by atoms with Crippen LogP contribution in [-0.4, -0.2) is 33.2 Å². The van der Waals surface area contributed by atoms with Crippen molar-refractivity contribution >= 4 is 34.8 Å². The third-order valence-corrected chi connectivity index (χ3v) is 2.74. The molecule has 0 aliphatic carbocycles. The Hall–Kier alpha value is -1.86. The number of anilines is 1. The quantitative estimate of drug-likeness (QED) is 0.928. The lowest BCUT2D eigenvalue weighted by molar-refractivity contribution is -0.116. The molecule has 2 aromatic rings. The molecule has 0 unspecified atom stereocenters. The Kier molecular flexibility index (Phi) is 4.18. The molecule has 9 heteroatoms. The molecule has 0 saturated heterocycles. The summed E-state index contributed by atoms with van der Waals surface area (Å²) in [5.74, 6) is 0.0615. The molecule has 0 aliphatic heterocycles. The average Bonchev–Trinajstić information content (AvgIpc) is 2.81. The first kappa shape index (κ1) is 13.6. The molecule has 19 heavy (non-hydrogen) atoms. The van der Waals surface area contributed by atoms with E-state index in [-0.39, 0.29) is 12.5 Å². The first-order valence-corrected chi connectivity index (χ1v) is 5.89. The number of carbonyl (C=O) groups excluding carboxylic acids is 1. The molecule has 0 atom stereocenters. The van der Waals surface area contributed by atoms with E-state index in [9.17, 15) is 4.79 Å². The van der Waals surface area contributed by atoms with Gasteiger partial charge < -0.3 is 10.1 Å². The summed E-state index contributed by atoms with van der Waals surface area (Å²) in [7, 11) is 1.46. The van der Waals surface area contributed by atoms with Crippen LogP contribution < -0.4 is 10.1 Å². The van der Waals surface area contributed by atoms with Gasteiger partial charge in [-0.15, -0.1) is 5.10 Å². The van der Waals surface area contributed by atoms with Gasteiger partial charge in [-0.1, -0.05) is 23.2 Å². The fourth-order valence-electron chi connectivity index (χ4n) is 1.43. The zero-order chi connectivity index (χ0) is 13.8. The summed E-state index contributed by atoms with van der Waals surface area (Å²) in [6, 6.07) is 3.09. The highest BCUT2D eigenvalue weighted by Crippen LogP contribution is 2.35. The van der Waals surface area contributed by atoms with E-state index in [1.165, 1.54) is 18.1 Å². The molecule has 1 N–H and O–H groups in total. The lowest BCUT2D eigenvalue weighted by Gasteiger charge is -2.09. The van der Waals surface area contributed by atoms with E-state index >= 15 is 0 Å². The normalized spacial score (nSPS) is 10.3. The van der Waals surface area contributed by atoms with Crippen LogP contribution in [0, 0.1) is 0 Å². The minimum absolute atomic E-state index is 0.00569. The van der Waals surface area contributed by atoms with Crippen molar-refractivity contribution in [1.82, 2.24) is 20.2 Å². The minimum atomic E-state index is -0.301. The van der Waals surface area contributed by atoms with Crippen molar-refractivity contribution in [3.05, 3.63) is 28.5 Å². The van der Waals surface area contributed by atoms with Crippen molar-refractivity contribution in [2.75, 3.05) is 12.4 Å². The molecule has 2 rings (SSSR count). The van der Waals surface area contributed by atoms with E-state index < -0.39 is 0 Å². The number of tetrazole rings is 1. The number of rotatable bonds is 4. The van der Waals surface area contributed by atoms with Gasteiger partial charge in [-0.2, -0.15) is 0 Å². The smallest absolute Gasteiger partial charge is 0.246 e. The largest absolute Gasteiger partial charge is 0.494 e. The van der Waals surface area contributed by atoms with Crippen LogP contribution in [0.4, 0.5) is 5.69 Å². The first-order chi connectivity index (χ1) is 9.10. The Morgan fingerprint density at radius 1 is 1.42 bits per heavy atom. The van der Waals surface area contributed by atoms with Crippen LogP contribution in [0.15, 0.2) is 18.5 Å². The van der Waals surface area contributed by atoms with Gasteiger partial charge in [0.15, 0.2) is 5.75 Å². The molecule has 0 fully saturated rings. The number of halogens is 2. The average molecular weight is 302 g/mol. The molecule has 1 aromatic heterocycles. The van der Waals surface area contributed by atoms with Gasteiger partial charge in [0.2, 0.25) is 5.91 Å². The zero-order valence-electron chi connectivity index (χ0n) is 9.80. The maximum atomic E-state index is 11.7. The minimum Gasteiger partial charge on any atom is -0.494 e. The maximum Gasteiger partial charge on any atom is 0.246 e. The highest BCUT2D eigenvalue weighted by Gasteiger charge is 2.11. The number of nitrogens with zero attached hydrogens (tertiary/aromatic N) is 4. The topological polar surface area (TPSA) is 81.9 Å². The van der Waals surface area contributed by atoms with Gasteiger partial charge in [0.05, 0.1) is 17.2 Å². The molecular formula is C10H9Cl2N5O2. The van der Waals surface area contributed by atoms with Crippen LogP contribution in [0.5, 0.6) is 5.75 Å². The number of nitrogens with one attached hydrogen (secondary N) is 1. The van der Waals surface area contributed by atoms with Crippen molar-refractivity contribution in [3.8, 4) is 5.75 Å². The lowest BCUT2D eigenvalue weighted by Crippen LogP contribution is -2.19. The van der Waals surface area contributed by atoms with Gasteiger partial charge in [-0.05, 0) is 22.6 Å². The second-order valence-corrected chi connectivity index (χ2v) is 4.34. The van der Waals surface area contributed by atoms with E-state index in [1.807, 2.05) is 0 Å². The third kappa shape index (κ3) is 3.33. The Bertz CT molecular complexity index is 565. The van der Waals surface area contributed by atoms with E-state index in [0.717, 1.165) is 0 Å². The number of ether oxygens (including phenoxy) is 1. The molecule has 0 bridgehead atoms. The van der Waals surface area contributed by atoms with Gasteiger partial charge in [0.1, 0.15) is 12.9 Å². The van der Waals surface area contributed by atoms with Crippen molar-refractivity contribution in [2.45, 2.75) is 6.54 Å². The fourth-order valence-corrected chi connectivity index (χ4v) is 2.07. The van der Waals surface area contributed by atoms with Crippen LogP contribution in [0.1, 0.15) is 0 Å². The summed E-state index contributed by atoms with van der Waals surface area (Å²) < 4.78 is 6.31. The molecule has 7 nitrogen and oxygen atoms in total. The maximum absolute atomic E-state index is 11.7. The van der Waals surface area contributed by atoms with Gasteiger partial charge in [-0.25, -0.2) is 4.68 Å². The predicted molar refractivity (Wildman–Crippen MR) is 69.5 cm³/mol. The Morgan fingerprint density at radius 3 is 2.63 bits per heavy atom. The van der Waals surface area contributed by atoms with Crippen molar-refractivity contribution in [3.63, 3.8) is 0 Å². The number of aromatic nitrogens is 4. The van der Waals surface area contributed by atoms with E-state index in [1.54, 1.807) is 12.1 Å². The van der Waals surface area contributed by atoms with E-state index in [2.05, 4.69) is 20.8 Å². The molecule has 0 radical (unpaired) electrons. The zero-order valence-corrected chi connectivity index (χ0v) is 11.3. The summed E-state index contributed by atoms with van der Waals surface area (Å²) in [6.07, 6.45) is 1.34. The van der Waals surface area contributed by atoms with Gasteiger partial charge in [-0.3, -0.25) is 4.79 Å². The number of hydrogen-bond donors (Lipinski definition) is 1. The van der Waals surface area contributed by atoms with E-state index in [0.29, 0.717) is 21.5 Å². The summed E-state index contributed by atoms with van der Waals surface area (Å²) in [5, 5.41) is 13.7. The molecule has 0 aliphatic rings. The van der Waals surface area contributed by atoms with Crippen LogP contribution in [0.3, 0.4) is 0 Å². The number of hydrogen-bond acceptors (Lipinski definition) is 5. The summed E-state index contributed by atoms with van der Waals surface area (Å²) in [4.78, 5) is 11.7. The SMILES string of the molecule is COc1c(Cl)cc(NC(=O)Cn2cnnn2)cc1Cl. The van der Waals surface area contributed by atoms with Crippen molar-refractivity contribution in [2.24, 2.45) is 0 Å². The standard InChI is InChI=1S/C10H9Cl2N5O2/c1-19-10-7(11)2-6(3-8(10)12)14-9(18)4-17-5-13-15-16-17/h2-3,5H,4H2,1H3,(H,14,18). The van der Waals surface area contributed by atoms with E-state index in [4.69, 9.17) is 27.9 Å². The lowest BCUT2D eigenvalue weighted by atomic mass is 10.3. The highest BCUT2D eigenvalue weighted by molar-refractivity contribution is 6.37. The van der Waals surface area contributed by atoms with Crippen LogP contribution in [0.2, 0.25) is 10.0 Å². The number of carbonyl (C=O) groups is 1. The second-order valence-electron chi connectivity index (χ2n) is 3.53. The number of methoxy groups -OCH3 is 1. The number of amides is 1. The Morgan fingerprint density at radius 2 is 2.11 bits per heavy atom. The van der Waals surface area contributed by atoms with Crippen LogP contribution in [-0.2, 0) is 11.3 Å². The molecular weight excluding hydrogens is 293 g/mol. The molecule has 1 heterocycles. The summed E-state index contributed by atoms with van der Waals surface area (Å²) in [5.41, 5.74) is 0.467. The molecule has 0 spiro atoms. The monoisotopic (exact) mass is 301 g/mol. The highest BCUT2D eigenvalue weighted by atomic mass is 35.5. The number of benzene rings is 1. The van der Waals surface area contributed by atoms with Gasteiger partial charge in [0, 0.05) is 5.69 Å². The third-order valence-electron chi connectivity index (χ3n) is 2.18. The molecule has 1 amide bonds. The first-order valence-electron chi connectivity index (χ1n) is 5.14. The molecule has 1 aromatic carbocycles. The van der Waals surface area contributed by atoms with Crippen molar-refractivity contribution in [1.29, 1.82) is 0 Å². The summed E-state index contributed by atoms with van der Waals surface area (Å²) >= 11 is 11.9. The summed E-state index contributed by atoms with van der Waals surface area (Å²) in [6.45, 7) is -0.00569. The fraction of sp³-hybridized carbons (Fsp3) is 0.200. The van der Waals surface area contributed by atoms with Crippen molar-refractivity contribution < 1.29 is 9.53 Å². The molecule has 100 valence electrons.